The Morgan fingerprint density at radius 1 is 0.935 bits per heavy atom. The number of esters is 2. The van der Waals surface area contributed by atoms with Crippen LogP contribution in [0.3, 0.4) is 0 Å². The van der Waals surface area contributed by atoms with E-state index >= 15 is 0 Å². The summed E-state index contributed by atoms with van der Waals surface area (Å²) in [6, 6.07) is 10.4. The number of aromatic nitrogens is 2. The summed E-state index contributed by atoms with van der Waals surface area (Å²) in [5.41, 5.74) is 2.83. The van der Waals surface area contributed by atoms with Gasteiger partial charge in [-0.15, -0.1) is 0 Å². The Labute approximate surface area is 181 Å². The minimum absolute atomic E-state index is 0.320. The minimum atomic E-state index is -0.895. The van der Waals surface area contributed by atoms with E-state index in [1.165, 1.54) is 14.2 Å². The second-order valence-corrected chi connectivity index (χ2v) is 7.52. The van der Waals surface area contributed by atoms with E-state index in [9.17, 15) is 14.7 Å². The van der Waals surface area contributed by atoms with Crippen molar-refractivity contribution in [1.29, 1.82) is 0 Å². The van der Waals surface area contributed by atoms with E-state index in [0.29, 0.717) is 39.6 Å². The largest absolute Gasteiger partial charge is 0.468 e. The van der Waals surface area contributed by atoms with Crippen molar-refractivity contribution in [3.05, 3.63) is 47.5 Å². The molecule has 164 valence electrons. The summed E-state index contributed by atoms with van der Waals surface area (Å²) in [5, 5.41) is 10.9. The molecule has 0 aliphatic rings. The van der Waals surface area contributed by atoms with Crippen LogP contribution in [0.5, 0.6) is 0 Å². The maximum Gasteiger partial charge on any atom is 0.340 e. The molecular weight excluding hydrogens is 396 g/mol. The van der Waals surface area contributed by atoms with Gasteiger partial charge in [0.1, 0.15) is 11.4 Å². The van der Waals surface area contributed by atoms with E-state index in [1.807, 2.05) is 0 Å². The van der Waals surface area contributed by atoms with Crippen LogP contribution in [-0.4, -0.2) is 47.3 Å². The number of aliphatic hydroxyl groups is 1. The topological polar surface area (TPSA) is 98.6 Å². The highest BCUT2D eigenvalue weighted by molar-refractivity contribution is 6.03. The number of hydrogen-bond donors (Lipinski definition) is 1. The summed E-state index contributed by atoms with van der Waals surface area (Å²) in [7, 11) is 2.63. The summed E-state index contributed by atoms with van der Waals surface area (Å²) in [5.74, 6) is -1.88. The molecule has 0 spiro atoms. The van der Waals surface area contributed by atoms with Gasteiger partial charge in [-0.25, -0.2) is 14.8 Å². The molecule has 2 atom stereocenters. The highest BCUT2D eigenvalue weighted by Crippen LogP contribution is 2.31. The molecule has 0 aliphatic heterocycles. The molecule has 0 bridgehead atoms. The first-order chi connectivity index (χ1) is 15.0. The number of hydrogen-bond acceptors (Lipinski definition) is 7. The fraction of sp³-hybridized carbons (Fsp3) is 0.417. The SMILES string of the molecule is CCCCCC[C@H](O)[C@@H](C(=O)OC)c1cccc2nc3c(C(=O)OC)cccc3nc12. The van der Waals surface area contributed by atoms with Crippen LogP contribution in [0, 0.1) is 0 Å². The van der Waals surface area contributed by atoms with E-state index in [4.69, 9.17) is 14.5 Å². The van der Waals surface area contributed by atoms with Gasteiger partial charge in [-0.2, -0.15) is 0 Å². The number of carbonyl (C=O) groups is 2. The molecule has 1 heterocycles. The lowest BCUT2D eigenvalue weighted by atomic mass is 9.89. The van der Waals surface area contributed by atoms with Crippen molar-refractivity contribution in [2.75, 3.05) is 14.2 Å². The van der Waals surface area contributed by atoms with Crippen LogP contribution in [0.25, 0.3) is 22.1 Å². The fourth-order valence-electron chi connectivity index (χ4n) is 3.83. The summed E-state index contributed by atoms with van der Waals surface area (Å²) in [6.07, 6.45) is 3.60. The second-order valence-electron chi connectivity index (χ2n) is 7.52. The van der Waals surface area contributed by atoms with Gasteiger partial charge in [0.05, 0.1) is 42.4 Å². The van der Waals surface area contributed by atoms with Gasteiger partial charge in [-0.3, -0.25) is 4.79 Å². The number of fused-ring (bicyclic) bond motifs is 2. The quantitative estimate of drug-likeness (QED) is 0.313. The van der Waals surface area contributed by atoms with E-state index in [2.05, 4.69) is 11.9 Å². The number of ether oxygens (including phenoxy) is 2. The maximum atomic E-state index is 12.6. The van der Waals surface area contributed by atoms with Crippen molar-refractivity contribution < 1.29 is 24.2 Å². The number of para-hydroxylation sites is 2. The zero-order chi connectivity index (χ0) is 22.4. The number of nitrogens with zero attached hydrogens (tertiary/aromatic N) is 2. The Hall–Kier alpha value is -3.06. The monoisotopic (exact) mass is 424 g/mol. The van der Waals surface area contributed by atoms with Crippen LogP contribution >= 0.6 is 0 Å². The van der Waals surface area contributed by atoms with Gasteiger partial charge in [-0.05, 0) is 30.2 Å². The second kappa shape index (κ2) is 10.3. The average molecular weight is 424 g/mol. The van der Waals surface area contributed by atoms with E-state index in [1.54, 1.807) is 36.4 Å². The van der Waals surface area contributed by atoms with Gasteiger partial charge < -0.3 is 14.6 Å². The third kappa shape index (κ3) is 4.82. The summed E-state index contributed by atoms with van der Waals surface area (Å²) >= 11 is 0. The summed E-state index contributed by atoms with van der Waals surface area (Å²) < 4.78 is 9.86. The van der Waals surface area contributed by atoms with Gasteiger partial charge in [0.25, 0.3) is 0 Å². The third-order valence-electron chi connectivity index (χ3n) is 5.46. The maximum absolute atomic E-state index is 12.6. The van der Waals surface area contributed by atoms with Crippen LogP contribution in [-0.2, 0) is 14.3 Å². The summed E-state index contributed by atoms with van der Waals surface area (Å²) in [4.78, 5) is 34.1. The third-order valence-corrected chi connectivity index (χ3v) is 5.46. The first kappa shape index (κ1) is 22.6. The van der Waals surface area contributed by atoms with Crippen molar-refractivity contribution in [3.63, 3.8) is 0 Å². The Bertz CT molecular complexity index is 1080. The first-order valence-electron chi connectivity index (χ1n) is 10.5. The lowest BCUT2D eigenvalue weighted by Crippen LogP contribution is -2.27. The van der Waals surface area contributed by atoms with Crippen LogP contribution in [0.15, 0.2) is 36.4 Å². The molecule has 0 unspecified atom stereocenters. The van der Waals surface area contributed by atoms with Crippen LogP contribution in [0.4, 0.5) is 0 Å². The smallest absolute Gasteiger partial charge is 0.340 e. The van der Waals surface area contributed by atoms with Gasteiger partial charge in [0.15, 0.2) is 0 Å². The zero-order valence-corrected chi connectivity index (χ0v) is 18.1. The molecule has 3 rings (SSSR count). The Morgan fingerprint density at radius 3 is 2.29 bits per heavy atom. The van der Waals surface area contributed by atoms with Gasteiger partial charge in [-0.1, -0.05) is 50.8 Å². The number of carbonyl (C=O) groups excluding carboxylic acids is 2. The molecule has 0 fully saturated rings. The van der Waals surface area contributed by atoms with E-state index in [-0.39, 0.29) is 0 Å². The van der Waals surface area contributed by atoms with Crippen molar-refractivity contribution in [2.45, 2.75) is 51.0 Å². The number of aliphatic hydroxyl groups excluding tert-OH is 1. The predicted octanol–water partition coefficient (Wildman–Crippen LogP) is 4.16. The molecule has 1 N–H and O–H groups in total. The molecule has 7 nitrogen and oxygen atoms in total. The van der Waals surface area contributed by atoms with Crippen molar-refractivity contribution in [3.8, 4) is 0 Å². The molecule has 1 aromatic heterocycles. The Balaban J connectivity index is 2.09. The molecule has 0 aliphatic carbocycles. The standard InChI is InChI=1S/C24H28N2O5/c1-4-5-6-7-14-19(27)20(24(29)31-3)15-10-8-12-17-21(15)25-18-13-9-11-16(22(18)26-17)23(28)30-2/h8-13,19-20,27H,4-7,14H2,1-3H3/t19-,20-/m0/s1. The lowest BCUT2D eigenvalue weighted by Gasteiger charge is -2.22. The molecule has 3 aromatic rings. The van der Waals surface area contributed by atoms with Crippen molar-refractivity contribution in [1.82, 2.24) is 9.97 Å². The van der Waals surface area contributed by atoms with Crippen LogP contribution in [0.2, 0.25) is 0 Å². The van der Waals surface area contributed by atoms with Crippen molar-refractivity contribution >= 4 is 34.0 Å². The zero-order valence-electron chi connectivity index (χ0n) is 18.1. The lowest BCUT2D eigenvalue weighted by molar-refractivity contribution is -0.145. The highest BCUT2D eigenvalue weighted by Gasteiger charge is 2.31. The number of methoxy groups -OCH3 is 2. The van der Waals surface area contributed by atoms with Crippen LogP contribution in [0.1, 0.15) is 60.9 Å². The average Bonchev–Trinajstić information content (AvgIpc) is 2.79. The number of benzene rings is 2. The molecule has 31 heavy (non-hydrogen) atoms. The fourth-order valence-corrected chi connectivity index (χ4v) is 3.83. The number of rotatable bonds is 9. The Morgan fingerprint density at radius 2 is 1.61 bits per heavy atom. The molecular formula is C24H28N2O5. The first-order valence-corrected chi connectivity index (χ1v) is 10.5. The molecule has 0 amide bonds. The Kier molecular flexibility index (Phi) is 7.52. The molecule has 2 aromatic carbocycles. The highest BCUT2D eigenvalue weighted by atomic mass is 16.5. The summed E-state index contributed by atoms with van der Waals surface area (Å²) in [6.45, 7) is 2.12. The van der Waals surface area contributed by atoms with Crippen LogP contribution < -0.4 is 0 Å². The van der Waals surface area contributed by atoms with Gasteiger partial charge in [0.2, 0.25) is 0 Å². The molecule has 7 heteroatoms. The number of unbranched alkanes of at least 4 members (excludes halogenated alkanes) is 3. The van der Waals surface area contributed by atoms with Crippen molar-refractivity contribution in [2.24, 2.45) is 0 Å². The molecule has 0 saturated heterocycles. The molecule has 0 saturated carbocycles. The van der Waals surface area contributed by atoms with Gasteiger partial charge in [0, 0.05) is 0 Å². The minimum Gasteiger partial charge on any atom is -0.468 e. The normalized spacial score (nSPS) is 13.2. The predicted molar refractivity (Wildman–Crippen MR) is 118 cm³/mol. The van der Waals surface area contributed by atoms with E-state index in [0.717, 1.165) is 25.7 Å². The van der Waals surface area contributed by atoms with Gasteiger partial charge >= 0.3 is 11.9 Å². The molecule has 0 radical (unpaired) electrons. The van der Waals surface area contributed by atoms with E-state index < -0.39 is 24.0 Å².